The monoisotopic (exact) mass is 465 g/mol. The van der Waals surface area contributed by atoms with Gasteiger partial charge in [0.25, 0.3) is 0 Å². The van der Waals surface area contributed by atoms with Gasteiger partial charge in [-0.25, -0.2) is 4.79 Å². The Balaban J connectivity index is 0.00000172. The molecule has 0 aromatic heterocycles. The predicted octanol–water partition coefficient (Wildman–Crippen LogP) is 5.15. The number of alkyl halides is 3. The van der Waals surface area contributed by atoms with Crippen molar-refractivity contribution in [3.05, 3.63) is 65.7 Å². The van der Waals surface area contributed by atoms with Gasteiger partial charge in [0.05, 0.1) is 11.7 Å². The summed E-state index contributed by atoms with van der Waals surface area (Å²) in [6.45, 7) is 6.79. The maximum Gasteiger partial charge on any atom is 0.416 e. The first kappa shape index (κ1) is 27.6. The molecule has 9 heteroatoms. The molecule has 1 atom stereocenters. The average molecular weight is 465 g/mol. The van der Waals surface area contributed by atoms with Crippen LogP contribution in [0.5, 0.6) is 0 Å². The smallest absolute Gasteiger partial charge is 0.416 e. The lowest BCUT2D eigenvalue weighted by molar-refractivity contribution is -0.191. The third-order valence-electron chi connectivity index (χ3n) is 4.79. The number of carbonyl (C=O) groups excluding carboxylic acids is 4. The van der Waals surface area contributed by atoms with Crippen LogP contribution in [0.25, 0.3) is 0 Å². The molecule has 6 nitrogen and oxygen atoms in total. The number of carbonyl (C=O) groups is 2. The Morgan fingerprint density at radius 2 is 1.55 bits per heavy atom. The van der Waals surface area contributed by atoms with Crippen molar-refractivity contribution in [2.75, 3.05) is 5.32 Å². The largest absolute Gasteiger partial charge is 0.461 e. The minimum Gasteiger partial charge on any atom is -0.461 e. The molecule has 0 fully saturated rings. The van der Waals surface area contributed by atoms with Crippen molar-refractivity contribution in [1.82, 2.24) is 0 Å². The number of ether oxygens (including phenoxy) is 1. The van der Waals surface area contributed by atoms with Gasteiger partial charge in [0.15, 0.2) is 5.78 Å². The van der Waals surface area contributed by atoms with Crippen LogP contribution in [0.3, 0.4) is 0 Å². The molecule has 0 saturated carbocycles. The number of Topliss-reactive ketones (excluding diaryl/α,β-unsaturated/α-hetero) is 1. The third-order valence-corrected chi connectivity index (χ3v) is 4.79. The number of hydrogen-bond donors (Lipinski definition) is 1. The second kappa shape index (κ2) is 12.0. The van der Waals surface area contributed by atoms with Crippen molar-refractivity contribution in [1.29, 1.82) is 0 Å². The van der Waals surface area contributed by atoms with Crippen molar-refractivity contribution < 1.29 is 37.1 Å². The maximum atomic E-state index is 13.1. The zero-order valence-corrected chi connectivity index (χ0v) is 18.7. The van der Waals surface area contributed by atoms with Crippen molar-refractivity contribution in [2.24, 2.45) is 5.92 Å². The third kappa shape index (κ3) is 7.88. The van der Waals surface area contributed by atoms with Gasteiger partial charge in [-0.2, -0.15) is 22.8 Å². The van der Waals surface area contributed by atoms with Crippen molar-refractivity contribution in [2.45, 2.75) is 51.9 Å². The number of nitrogens with one attached hydrogen (secondary N) is 1. The lowest BCUT2D eigenvalue weighted by atomic mass is 9.80. The van der Waals surface area contributed by atoms with Crippen LogP contribution in [-0.4, -0.2) is 29.5 Å². The molecular formula is C24H26F3NO5. The molecule has 0 saturated heterocycles. The van der Waals surface area contributed by atoms with Gasteiger partial charge in [0.1, 0.15) is 5.54 Å². The number of hydrogen-bond acceptors (Lipinski definition) is 6. The molecule has 0 amide bonds. The quantitative estimate of drug-likeness (QED) is 0.428. The summed E-state index contributed by atoms with van der Waals surface area (Å²) >= 11 is 0. The molecule has 1 unspecified atom stereocenters. The van der Waals surface area contributed by atoms with E-state index in [1.54, 1.807) is 58.0 Å². The van der Waals surface area contributed by atoms with Gasteiger partial charge in [-0.05, 0) is 38.0 Å². The summed E-state index contributed by atoms with van der Waals surface area (Å²) in [5, 5.41) is 2.91. The predicted molar refractivity (Wildman–Crippen MR) is 114 cm³/mol. The zero-order chi connectivity index (χ0) is 25.2. The van der Waals surface area contributed by atoms with Gasteiger partial charge in [-0.1, -0.05) is 50.2 Å². The molecule has 0 bridgehead atoms. The molecule has 2 rings (SSSR count). The summed E-state index contributed by atoms with van der Waals surface area (Å²) in [5.74, 6) is -1.45. The zero-order valence-electron chi connectivity index (χ0n) is 18.7. The highest BCUT2D eigenvalue weighted by Gasteiger charge is 2.46. The molecule has 2 aromatic carbocycles. The summed E-state index contributed by atoms with van der Waals surface area (Å²) < 4.78 is 44.9. The summed E-state index contributed by atoms with van der Waals surface area (Å²) in [6.07, 6.45) is -5.00. The van der Waals surface area contributed by atoms with Crippen LogP contribution >= 0.6 is 0 Å². The number of anilines is 1. The molecule has 1 N–H and O–H groups in total. The molecule has 0 aliphatic carbocycles. The molecule has 178 valence electrons. The fourth-order valence-corrected chi connectivity index (χ4v) is 3.08. The van der Waals surface area contributed by atoms with Crippen LogP contribution in [0.15, 0.2) is 54.6 Å². The van der Waals surface area contributed by atoms with Gasteiger partial charge in [0.2, 0.25) is 0 Å². The van der Waals surface area contributed by atoms with Crippen LogP contribution in [0.1, 0.15) is 50.0 Å². The van der Waals surface area contributed by atoms with Crippen molar-refractivity contribution >= 4 is 23.6 Å². The van der Waals surface area contributed by atoms with Crippen LogP contribution in [0, 0.1) is 5.92 Å². The van der Waals surface area contributed by atoms with Gasteiger partial charge >= 0.3 is 18.3 Å². The highest BCUT2D eigenvalue weighted by molar-refractivity contribution is 6.01. The van der Waals surface area contributed by atoms with E-state index >= 15 is 0 Å². The number of ketones is 1. The fraction of sp³-hybridized carbons (Fsp3) is 0.375. The molecular weight excluding hydrogens is 439 g/mol. The van der Waals surface area contributed by atoms with Crippen LogP contribution in [0.4, 0.5) is 18.9 Å². The Hall–Kier alpha value is -3.45. The highest BCUT2D eigenvalue weighted by atomic mass is 19.4. The minimum atomic E-state index is -4.53. The Kier molecular flexibility index (Phi) is 10.0. The normalized spacial score (nSPS) is 12.8. The Bertz CT molecular complexity index is 968. The fourth-order valence-electron chi connectivity index (χ4n) is 3.08. The maximum absolute atomic E-state index is 13.1. The average Bonchev–Trinajstić information content (AvgIpc) is 2.73. The first-order valence-electron chi connectivity index (χ1n) is 10.1. The molecule has 0 spiro atoms. The molecule has 0 heterocycles. The van der Waals surface area contributed by atoms with Gasteiger partial charge in [0, 0.05) is 17.7 Å². The van der Waals surface area contributed by atoms with E-state index in [2.05, 4.69) is 5.32 Å². The van der Waals surface area contributed by atoms with Crippen molar-refractivity contribution in [3.63, 3.8) is 0 Å². The van der Waals surface area contributed by atoms with Crippen LogP contribution in [-0.2, 0) is 25.3 Å². The summed E-state index contributed by atoms with van der Waals surface area (Å²) in [7, 11) is 0. The highest BCUT2D eigenvalue weighted by Crippen LogP contribution is 2.34. The number of rotatable bonds is 8. The molecule has 0 aliphatic heterocycles. The Labute approximate surface area is 190 Å². The molecule has 2 aromatic rings. The Morgan fingerprint density at radius 1 is 0.970 bits per heavy atom. The van der Waals surface area contributed by atoms with Gasteiger partial charge in [-0.3, -0.25) is 4.79 Å². The summed E-state index contributed by atoms with van der Waals surface area (Å²) in [4.78, 5) is 42.3. The van der Waals surface area contributed by atoms with E-state index in [1.807, 2.05) is 0 Å². The van der Waals surface area contributed by atoms with Crippen molar-refractivity contribution in [3.8, 4) is 0 Å². The number of halogens is 3. The summed E-state index contributed by atoms with van der Waals surface area (Å²) in [5.41, 5.74) is -1.90. The first-order chi connectivity index (χ1) is 15.4. The second-order valence-corrected chi connectivity index (χ2v) is 7.83. The van der Waals surface area contributed by atoms with E-state index in [4.69, 9.17) is 14.3 Å². The molecule has 0 radical (unpaired) electrons. The van der Waals surface area contributed by atoms with E-state index in [0.29, 0.717) is 5.56 Å². The molecule has 0 aliphatic rings. The SMILES string of the molecule is CC(C)OC(=O)C(CC(=O)c1ccccc1)(Nc1cccc(C(F)(F)F)c1)C(C)C.O=C=O. The number of benzene rings is 2. The van der Waals surface area contributed by atoms with Gasteiger partial charge in [-0.15, -0.1) is 0 Å². The van der Waals surface area contributed by atoms with E-state index in [-0.39, 0.29) is 24.0 Å². The van der Waals surface area contributed by atoms with E-state index in [9.17, 15) is 22.8 Å². The second-order valence-electron chi connectivity index (χ2n) is 7.83. The summed E-state index contributed by atoms with van der Waals surface area (Å²) in [6, 6.07) is 13.0. The Morgan fingerprint density at radius 3 is 2.03 bits per heavy atom. The number of esters is 1. The standard InChI is InChI=1S/C23H26F3NO3.CO2/c1-15(2)22(21(29)30-16(3)4,14-20(28)17-9-6-5-7-10-17)27-19-12-8-11-18(13-19)23(24,25)26;2-1-3/h5-13,15-16,27H,14H2,1-4H3;. The lowest BCUT2D eigenvalue weighted by Crippen LogP contribution is -2.54. The lowest BCUT2D eigenvalue weighted by Gasteiger charge is -2.37. The first-order valence-corrected chi connectivity index (χ1v) is 10.1. The van der Waals surface area contributed by atoms with Gasteiger partial charge < -0.3 is 10.1 Å². The van der Waals surface area contributed by atoms with E-state index in [1.165, 1.54) is 12.1 Å². The van der Waals surface area contributed by atoms with Crippen LogP contribution < -0.4 is 5.32 Å². The molecule has 33 heavy (non-hydrogen) atoms. The van der Waals surface area contributed by atoms with E-state index < -0.39 is 35.3 Å². The topological polar surface area (TPSA) is 89.5 Å². The minimum absolute atomic E-state index is 0.0834. The van der Waals surface area contributed by atoms with E-state index in [0.717, 1.165) is 12.1 Å². The van der Waals surface area contributed by atoms with Crippen LogP contribution in [0.2, 0.25) is 0 Å².